The number of hydrogen-bond acceptors (Lipinski definition) is 1. The summed E-state index contributed by atoms with van der Waals surface area (Å²) in [4.78, 5) is 0. The van der Waals surface area contributed by atoms with Crippen LogP contribution < -0.4 is 0 Å². The Hall–Kier alpha value is -2.13. The minimum Gasteiger partial charge on any atom is -0.233 e. The van der Waals surface area contributed by atoms with E-state index in [1.54, 1.807) is 23.0 Å². The third-order valence-corrected chi connectivity index (χ3v) is 3.18. The first-order valence-corrected chi connectivity index (χ1v) is 6.12. The van der Waals surface area contributed by atoms with Gasteiger partial charge in [-0.2, -0.15) is 5.10 Å². The van der Waals surface area contributed by atoms with Crippen molar-refractivity contribution in [3.8, 4) is 5.69 Å². The minimum absolute atomic E-state index is 0.268. The third-order valence-electron chi connectivity index (χ3n) is 2.98. The Kier molecular flexibility index (Phi) is 2.84. The zero-order valence-corrected chi connectivity index (χ0v) is 10.7. The second-order valence-electron chi connectivity index (χ2n) is 4.18. The van der Waals surface area contributed by atoms with Crippen molar-refractivity contribution in [3.63, 3.8) is 0 Å². The number of fused-ring (bicyclic) bond motifs is 1. The molecule has 0 aliphatic heterocycles. The smallest absolute Gasteiger partial charge is 0.123 e. The Morgan fingerprint density at radius 3 is 2.58 bits per heavy atom. The summed E-state index contributed by atoms with van der Waals surface area (Å²) in [6.07, 6.45) is 1.74. The zero-order valence-electron chi connectivity index (χ0n) is 9.98. The Morgan fingerprint density at radius 1 is 1.16 bits per heavy atom. The molecule has 0 spiro atoms. The van der Waals surface area contributed by atoms with Gasteiger partial charge in [0.05, 0.1) is 17.4 Å². The Labute approximate surface area is 114 Å². The molecule has 2 aromatic carbocycles. The van der Waals surface area contributed by atoms with Gasteiger partial charge in [0, 0.05) is 16.0 Å². The van der Waals surface area contributed by atoms with Crippen LogP contribution in [-0.4, -0.2) is 9.78 Å². The lowest BCUT2D eigenvalue weighted by molar-refractivity contribution is 0.627. The molecule has 0 amide bonds. The molecule has 0 saturated carbocycles. The predicted octanol–water partition coefficient (Wildman–Crippen LogP) is 4.37. The standard InChI is InChI=1S/C15H10ClFN2/c1-10(16)13-3-2-4-15-14(13)9-18-19(15)12-7-5-11(17)6-8-12/h2-9H,1H2. The number of rotatable bonds is 2. The van der Waals surface area contributed by atoms with Gasteiger partial charge in [-0.05, 0) is 30.3 Å². The van der Waals surface area contributed by atoms with Crippen molar-refractivity contribution in [1.82, 2.24) is 9.78 Å². The topological polar surface area (TPSA) is 17.8 Å². The molecule has 0 saturated heterocycles. The van der Waals surface area contributed by atoms with Gasteiger partial charge < -0.3 is 0 Å². The first-order valence-electron chi connectivity index (χ1n) is 5.74. The highest BCUT2D eigenvalue weighted by Crippen LogP contribution is 2.27. The van der Waals surface area contributed by atoms with Crippen LogP contribution >= 0.6 is 11.6 Å². The third kappa shape index (κ3) is 2.02. The summed E-state index contributed by atoms with van der Waals surface area (Å²) >= 11 is 5.98. The van der Waals surface area contributed by atoms with E-state index < -0.39 is 0 Å². The monoisotopic (exact) mass is 272 g/mol. The molecule has 3 aromatic rings. The number of hydrogen-bond donors (Lipinski definition) is 0. The highest BCUT2D eigenvalue weighted by atomic mass is 35.5. The van der Waals surface area contributed by atoms with Gasteiger partial charge in [-0.3, -0.25) is 0 Å². The second-order valence-corrected chi connectivity index (χ2v) is 4.63. The maximum atomic E-state index is 13.0. The van der Waals surface area contributed by atoms with Crippen molar-refractivity contribution in [3.05, 3.63) is 66.6 Å². The molecule has 1 heterocycles. The minimum atomic E-state index is -0.268. The summed E-state index contributed by atoms with van der Waals surface area (Å²) in [5, 5.41) is 5.73. The number of halogens is 2. The normalized spacial score (nSPS) is 10.8. The molecule has 2 nitrogen and oxygen atoms in total. The first-order chi connectivity index (χ1) is 9.16. The van der Waals surface area contributed by atoms with Crippen molar-refractivity contribution < 1.29 is 4.39 Å². The van der Waals surface area contributed by atoms with E-state index in [1.807, 2.05) is 18.2 Å². The lowest BCUT2D eigenvalue weighted by Gasteiger charge is -2.04. The molecule has 94 valence electrons. The average molecular weight is 273 g/mol. The molecule has 0 aliphatic rings. The highest BCUT2D eigenvalue weighted by molar-refractivity contribution is 6.49. The van der Waals surface area contributed by atoms with E-state index in [0.717, 1.165) is 22.2 Å². The van der Waals surface area contributed by atoms with E-state index in [1.165, 1.54) is 12.1 Å². The van der Waals surface area contributed by atoms with Gasteiger partial charge in [-0.1, -0.05) is 30.3 Å². The van der Waals surface area contributed by atoms with Gasteiger partial charge in [0.2, 0.25) is 0 Å². The van der Waals surface area contributed by atoms with Crippen molar-refractivity contribution in [1.29, 1.82) is 0 Å². The lowest BCUT2D eigenvalue weighted by atomic mass is 10.1. The summed E-state index contributed by atoms with van der Waals surface area (Å²) in [5.41, 5.74) is 2.56. The summed E-state index contributed by atoms with van der Waals surface area (Å²) in [5.74, 6) is -0.268. The summed E-state index contributed by atoms with van der Waals surface area (Å²) in [6.45, 7) is 3.75. The maximum Gasteiger partial charge on any atom is 0.123 e. The van der Waals surface area contributed by atoms with E-state index >= 15 is 0 Å². The molecule has 0 aliphatic carbocycles. The van der Waals surface area contributed by atoms with Gasteiger partial charge in [0.25, 0.3) is 0 Å². The van der Waals surface area contributed by atoms with Crippen molar-refractivity contribution in [2.45, 2.75) is 0 Å². The van der Waals surface area contributed by atoms with Gasteiger partial charge in [-0.25, -0.2) is 9.07 Å². The molecule has 3 rings (SSSR count). The fraction of sp³-hybridized carbons (Fsp3) is 0. The Morgan fingerprint density at radius 2 is 1.89 bits per heavy atom. The second kappa shape index (κ2) is 4.52. The Balaban J connectivity index is 2.24. The Bertz CT molecular complexity index is 759. The fourth-order valence-electron chi connectivity index (χ4n) is 2.08. The van der Waals surface area contributed by atoms with Crippen molar-refractivity contribution >= 4 is 27.5 Å². The van der Waals surface area contributed by atoms with Gasteiger partial charge in [0.1, 0.15) is 5.82 Å². The molecule has 19 heavy (non-hydrogen) atoms. The van der Waals surface area contributed by atoms with Crippen LogP contribution in [0.25, 0.3) is 21.6 Å². The van der Waals surface area contributed by atoms with E-state index in [0.29, 0.717) is 5.03 Å². The van der Waals surface area contributed by atoms with Crippen LogP contribution in [0, 0.1) is 5.82 Å². The molecule has 4 heteroatoms. The zero-order chi connectivity index (χ0) is 13.4. The number of nitrogens with zero attached hydrogens (tertiary/aromatic N) is 2. The van der Waals surface area contributed by atoms with Crippen LogP contribution in [0.1, 0.15) is 5.56 Å². The predicted molar refractivity (Wildman–Crippen MR) is 75.9 cm³/mol. The van der Waals surface area contributed by atoms with Gasteiger partial charge >= 0.3 is 0 Å². The van der Waals surface area contributed by atoms with Crippen LogP contribution in [-0.2, 0) is 0 Å². The summed E-state index contributed by atoms with van der Waals surface area (Å²) < 4.78 is 14.7. The fourth-order valence-corrected chi connectivity index (χ4v) is 2.24. The van der Waals surface area contributed by atoms with Crippen LogP contribution in [0.2, 0.25) is 0 Å². The quantitative estimate of drug-likeness (QED) is 0.677. The van der Waals surface area contributed by atoms with Gasteiger partial charge in [-0.15, -0.1) is 0 Å². The molecule has 0 radical (unpaired) electrons. The van der Waals surface area contributed by atoms with E-state index in [9.17, 15) is 4.39 Å². The number of aromatic nitrogens is 2. The molecule has 1 aromatic heterocycles. The molecule has 0 atom stereocenters. The molecule has 0 N–H and O–H groups in total. The van der Waals surface area contributed by atoms with Crippen molar-refractivity contribution in [2.24, 2.45) is 0 Å². The van der Waals surface area contributed by atoms with Crippen molar-refractivity contribution in [2.75, 3.05) is 0 Å². The molecule has 0 bridgehead atoms. The molecule has 0 fully saturated rings. The maximum absolute atomic E-state index is 13.0. The number of benzene rings is 2. The highest BCUT2D eigenvalue weighted by Gasteiger charge is 2.09. The summed E-state index contributed by atoms with van der Waals surface area (Å²) in [7, 11) is 0. The van der Waals surface area contributed by atoms with E-state index in [4.69, 9.17) is 11.6 Å². The largest absolute Gasteiger partial charge is 0.233 e. The SMILES string of the molecule is C=C(Cl)c1cccc2c1cnn2-c1ccc(F)cc1. The van der Waals surface area contributed by atoms with Crippen LogP contribution in [0.15, 0.2) is 55.2 Å². The molecular formula is C15H10ClFN2. The van der Waals surface area contributed by atoms with Crippen LogP contribution in [0.4, 0.5) is 4.39 Å². The van der Waals surface area contributed by atoms with Gasteiger partial charge in [0.15, 0.2) is 0 Å². The molecular weight excluding hydrogens is 263 g/mol. The van der Waals surface area contributed by atoms with Crippen LogP contribution in [0.5, 0.6) is 0 Å². The lowest BCUT2D eigenvalue weighted by Crippen LogP contribution is -1.95. The molecule has 0 unspecified atom stereocenters. The summed E-state index contributed by atoms with van der Waals surface area (Å²) in [6, 6.07) is 11.9. The first kappa shape index (κ1) is 11.9. The van der Waals surface area contributed by atoms with E-state index in [-0.39, 0.29) is 5.82 Å². The average Bonchev–Trinajstić information content (AvgIpc) is 2.83. The van der Waals surface area contributed by atoms with Crippen LogP contribution in [0.3, 0.4) is 0 Å². The van der Waals surface area contributed by atoms with E-state index in [2.05, 4.69) is 11.7 Å².